The standard InChI is InChI=1S/C14H19N3O2/c1-10-11(2)19-14(12(10)8-15)16-13(18)9-17-6-4-3-5-7-17/h3-7,9H2,1-2H3,(H,16,18). The van der Waals surface area contributed by atoms with E-state index in [1.165, 1.54) is 6.42 Å². The highest BCUT2D eigenvalue weighted by atomic mass is 16.4. The van der Waals surface area contributed by atoms with Crippen molar-refractivity contribution in [2.24, 2.45) is 0 Å². The second kappa shape index (κ2) is 5.89. The average molecular weight is 261 g/mol. The third-order valence-electron chi connectivity index (χ3n) is 3.57. The Labute approximate surface area is 113 Å². The molecule has 1 aliphatic rings. The molecule has 0 bridgehead atoms. The number of amides is 1. The Balaban J connectivity index is 1.99. The Morgan fingerprint density at radius 3 is 2.68 bits per heavy atom. The van der Waals surface area contributed by atoms with E-state index in [-0.39, 0.29) is 11.8 Å². The van der Waals surface area contributed by atoms with Gasteiger partial charge in [-0.2, -0.15) is 5.26 Å². The van der Waals surface area contributed by atoms with Gasteiger partial charge in [0.2, 0.25) is 11.8 Å². The number of carbonyl (C=O) groups excluding carboxylic acids is 1. The van der Waals surface area contributed by atoms with Crippen LogP contribution in [0.15, 0.2) is 4.42 Å². The van der Waals surface area contributed by atoms with Gasteiger partial charge in [0.25, 0.3) is 0 Å². The first kappa shape index (κ1) is 13.6. The number of hydrogen-bond donors (Lipinski definition) is 1. The molecule has 2 rings (SSSR count). The number of anilines is 1. The first-order chi connectivity index (χ1) is 9.11. The fourth-order valence-electron chi connectivity index (χ4n) is 2.34. The van der Waals surface area contributed by atoms with Crippen LogP contribution in [0.2, 0.25) is 0 Å². The maximum absolute atomic E-state index is 11.9. The predicted octanol–water partition coefficient (Wildman–Crippen LogP) is 2.19. The number of likely N-dealkylation sites (tertiary alicyclic amines) is 1. The minimum atomic E-state index is -0.118. The number of rotatable bonds is 3. The normalized spacial score (nSPS) is 16.1. The number of nitriles is 1. The van der Waals surface area contributed by atoms with Crippen LogP contribution >= 0.6 is 0 Å². The molecule has 1 aromatic rings. The summed E-state index contributed by atoms with van der Waals surface area (Å²) in [4.78, 5) is 14.1. The molecule has 0 radical (unpaired) electrons. The Bertz CT molecular complexity index is 507. The van der Waals surface area contributed by atoms with Gasteiger partial charge >= 0.3 is 0 Å². The van der Waals surface area contributed by atoms with Gasteiger partial charge in [-0.1, -0.05) is 6.42 Å². The van der Waals surface area contributed by atoms with Gasteiger partial charge in [-0.3, -0.25) is 15.0 Å². The van der Waals surface area contributed by atoms with E-state index in [2.05, 4.69) is 16.3 Å². The van der Waals surface area contributed by atoms with E-state index in [1.807, 2.05) is 6.92 Å². The van der Waals surface area contributed by atoms with Crippen LogP contribution < -0.4 is 5.32 Å². The molecule has 0 unspecified atom stereocenters. The number of aryl methyl sites for hydroxylation is 1. The van der Waals surface area contributed by atoms with Gasteiger partial charge in [0.05, 0.1) is 6.54 Å². The molecule has 1 aromatic heterocycles. The molecule has 5 heteroatoms. The molecule has 0 saturated carbocycles. The van der Waals surface area contributed by atoms with E-state index in [1.54, 1.807) is 6.92 Å². The van der Waals surface area contributed by atoms with Crippen molar-refractivity contribution in [1.82, 2.24) is 4.90 Å². The molecule has 2 heterocycles. The van der Waals surface area contributed by atoms with E-state index in [0.29, 0.717) is 17.9 Å². The highest BCUT2D eigenvalue weighted by Crippen LogP contribution is 2.25. The van der Waals surface area contributed by atoms with Gasteiger partial charge in [0.1, 0.15) is 17.4 Å². The molecule has 0 spiro atoms. The molecule has 0 aliphatic carbocycles. The fraction of sp³-hybridized carbons (Fsp3) is 0.571. The minimum absolute atomic E-state index is 0.118. The molecule has 1 N–H and O–H groups in total. The largest absolute Gasteiger partial charge is 0.444 e. The van der Waals surface area contributed by atoms with Crippen molar-refractivity contribution in [2.45, 2.75) is 33.1 Å². The third kappa shape index (κ3) is 3.15. The average Bonchev–Trinajstić information content (AvgIpc) is 2.65. The smallest absolute Gasteiger partial charge is 0.240 e. The van der Waals surface area contributed by atoms with Gasteiger partial charge in [0.15, 0.2) is 0 Å². The Morgan fingerprint density at radius 2 is 2.05 bits per heavy atom. The lowest BCUT2D eigenvalue weighted by Gasteiger charge is -2.25. The lowest BCUT2D eigenvalue weighted by atomic mass is 10.1. The summed E-state index contributed by atoms with van der Waals surface area (Å²) in [6, 6.07) is 2.07. The first-order valence-electron chi connectivity index (χ1n) is 6.64. The van der Waals surface area contributed by atoms with Crippen LogP contribution in [0.5, 0.6) is 0 Å². The van der Waals surface area contributed by atoms with Gasteiger partial charge in [-0.25, -0.2) is 0 Å². The Kier molecular flexibility index (Phi) is 4.23. The summed E-state index contributed by atoms with van der Waals surface area (Å²) in [7, 11) is 0. The quantitative estimate of drug-likeness (QED) is 0.905. The topological polar surface area (TPSA) is 69.3 Å². The van der Waals surface area contributed by atoms with Crippen LogP contribution in [0.3, 0.4) is 0 Å². The van der Waals surface area contributed by atoms with Gasteiger partial charge in [0, 0.05) is 5.56 Å². The number of hydrogen-bond acceptors (Lipinski definition) is 4. The van der Waals surface area contributed by atoms with E-state index >= 15 is 0 Å². The molecule has 1 saturated heterocycles. The third-order valence-corrected chi connectivity index (χ3v) is 3.57. The van der Waals surface area contributed by atoms with Gasteiger partial charge in [-0.15, -0.1) is 0 Å². The summed E-state index contributed by atoms with van der Waals surface area (Å²) in [5, 5.41) is 11.8. The first-order valence-corrected chi connectivity index (χ1v) is 6.64. The van der Waals surface area contributed by atoms with Crippen molar-refractivity contribution < 1.29 is 9.21 Å². The van der Waals surface area contributed by atoms with Crippen molar-refractivity contribution in [1.29, 1.82) is 5.26 Å². The number of furan rings is 1. The summed E-state index contributed by atoms with van der Waals surface area (Å²) in [5.41, 5.74) is 1.21. The van der Waals surface area contributed by atoms with Crippen LogP contribution in [0, 0.1) is 25.2 Å². The van der Waals surface area contributed by atoms with Crippen molar-refractivity contribution in [2.75, 3.05) is 25.0 Å². The molecule has 1 amide bonds. The van der Waals surface area contributed by atoms with Crippen LogP contribution in [-0.2, 0) is 4.79 Å². The predicted molar refractivity (Wildman–Crippen MR) is 71.8 cm³/mol. The zero-order valence-corrected chi connectivity index (χ0v) is 11.5. The molecular formula is C14H19N3O2. The van der Waals surface area contributed by atoms with Crippen LogP contribution in [0.4, 0.5) is 5.88 Å². The van der Waals surface area contributed by atoms with E-state index in [9.17, 15) is 4.79 Å². The Morgan fingerprint density at radius 1 is 1.37 bits per heavy atom. The van der Waals surface area contributed by atoms with Crippen molar-refractivity contribution in [3.8, 4) is 6.07 Å². The molecule has 0 atom stereocenters. The second-order valence-electron chi connectivity index (χ2n) is 4.98. The number of piperidine rings is 1. The lowest BCUT2D eigenvalue weighted by molar-refractivity contribution is -0.117. The highest BCUT2D eigenvalue weighted by molar-refractivity contribution is 5.92. The summed E-state index contributed by atoms with van der Waals surface area (Å²) >= 11 is 0. The number of nitrogens with one attached hydrogen (secondary N) is 1. The van der Waals surface area contributed by atoms with Crippen molar-refractivity contribution >= 4 is 11.8 Å². The SMILES string of the molecule is Cc1oc(NC(=O)CN2CCCCC2)c(C#N)c1C. The van der Waals surface area contributed by atoms with Gasteiger partial charge in [-0.05, 0) is 39.8 Å². The van der Waals surface area contributed by atoms with E-state index in [4.69, 9.17) is 9.68 Å². The molecule has 0 aromatic carbocycles. The maximum Gasteiger partial charge on any atom is 0.240 e. The van der Waals surface area contributed by atoms with E-state index < -0.39 is 0 Å². The molecule has 19 heavy (non-hydrogen) atoms. The monoisotopic (exact) mass is 261 g/mol. The van der Waals surface area contributed by atoms with Crippen molar-refractivity contribution in [3.63, 3.8) is 0 Å². The molecule has 1 aliphatic heterocycles. The minimum Gasteiger partial charge on any atom is -0.444 e. The maximum atomic E-state index is 11.9. The lowest BCUT2D eigenvalue weighted by Crippen LogP contribution is -2.36. The zero-order valence-electron chi connectivity index (χ0n) is 11.5. The summed E-state index contributed by atoms with van der Waals surface area (Å²) in [6.07, 6.45) is 3.54. The number of nitrogens with zero attached hydrogens (tertiary/aromatic N) is 2. The van der Waals surface area contributed by atoms with Gasteiger partial charge < -0.3 is 4.42 Å². The molecule has 1 fully saturated rings. The molecular weight excluding hydrogens is 242 g/mol. The highest BCUT2D eigenvalue weighted by Gasteiger charge is 2.19. The van der Waals surface area contributed by atoms with Crippen LogP contribution in [0.25, 0.3) is 0 Å². The summed E-state index contributed by atoms with van der Waals surface area (Å²) in [5.74, 6) is 0.830. The second-order valence-corrected chi connectivity index (χ2v) is 4.98. The van der Waals surface area contributed by atoms with Crippen LogP contribution in [-0.4, -0.2) is 30.4 Å². The summed E-state index contributed by atoms with van der Waals surface area (Å²) in [6.45, 7) is 5.90. The fourth-order valence-corrected chi connectivity index (χ4v) is 2.34. The number of carbonyl (C=O) groups is 1. The Hall–Kier alpha value is -1.80. The molecule has 5 nitrogen and oxygen atoms in total. The van der Waals surface area contributed by atoms with Crippen LogP contribution in [0.1, 0.15) is 36.1 Å². The molecule has 102 valence electrons. The van der Waals surface area contributed by atoms with Crippen molar-refractivity contribution in [3.05, 3.63) is 16.9 Å². The summed E-state index contributed by atoms with van der Waals surface area (Å²) < 4.78 is 5.42. The zero-order chi connectivity index (χ0) is 13.8. The van der Waals surface area contributed by atoms with E-state index in [0.717, 1.165) is 31.5 Å².